The van der Waals surface area contributed by atoms with Gasteiger partial charge in [0.15, 0.2) is 0 Å². The first-order chi connectivity index (χ1) is 5.70. The summed E-state index contributed by atoms with van der Waals surface area (Å²) in [5, 5.41) is 1.14. The Bertz CT molecular complexity index is 182. The van der Waals surface area contributed by atoms with Crippen LogP contribution in [0.3, 0.4) is 0 Å². The normalized spacial score (nSPS) is 11.3. The summed E-state index contributed by atoms with van der Waals surface area (Å²) in [5.74, 6) is 0.905. The molecular formula is C10H17NS. The minimum absolute atomic E-state index is 0.905. The molecule has 0 aromatic carbocycles. The monoisotopic (exact) mass is 183 g/mol. The molecule has 0 aliphatic rings. The lowest BCUT2D eigenvalue weighted by Gasteiger charge is -1.99. The number of nitrogens with zero attached hydrogens (tertiary/aromatic N) is 1. The summed E-state index contributed by atoms with van der Waals surface area (Å²) < 4.78 is 0. The maximum atomic E-state index is 4.35. The van der Waals surface area contributed by atoms with Gasteiger partial charge in [-0.05, 0) is 18.9 Å². The Morgan fingerprint density at radius 2 is 2.25 bits per heavy atom. The van der Waals surface area contributed by atoms with Crippen LogP contribution in [0.25, 0.3) is 0 Å². The Kier molecular flexibility index (Phi) is 6.87. The third-order valence-electron chi connectivity index (χ3n) is 1.31. The molecule has 0 amide bonds. The van der Waals surface area contributed by atoms with Crippen molar-refractivity contribution in [1.29, 1.82) is 0 Å². The minimum atomic E-state index is 0.905. The van der Waals surface area contributed by atoms with Crippen LogP contribution in [0, 0.1) is 0 Å². The summed E-state index contributed by atoms with van der Waals surface area (Å²) in [6, 6.07) is 0. The molecule has 0 saturated heterocycles. The van der Waals surface area contributed by atoms with Crippen molar-refractivity contribution < 1.29 is 0 Å². The number of thioether (sulfide) groups is 1. The molecule has 0 aromatic heterocycles. The maximum absolute atomic E-state index is 4.35. The van der Waals surface area contributed by atoms with Crippen molar-refractivity contribution in [1.82, 2.24) is 0 Å². The van der Waals surface area contributed by atoms with Gasteiger partial charge in [-0.15, -0.1) is 11.8 Å². The second-order valence-electron chi connectivity index (χ2n) is 2.55. The molecule has 0 saturated carbocycles. The molecule has 0 unspecified atom stereocenters. The molecule has 0 atom stereocenters. The second kappa shape index (κ2) is 7.17. The molecule has 0 aromatic rings. The van der Waals surface area contributed by atoms with Crippen molar-refractivity contribution in [3.05, 3.63) is 24.8 Å². The predicted molar refractivity (Wildman–Crippen MR) is 60.1 cm³/mol. The van der Waals surface area contributed by atoms with E-state index in [-0.39, 0.29) is 0 Å². The molecule has 0 rings (SSSR count). The first-order valence-electron chi connectivity index (χ1n) is 4.14. The topological polar surface area (TPSA) is 12.4 Å². The summed E-state index contributed by atoms with van der Waals surface area (Å²) in [7, 11) is 0. The quantitative estimate of drug-likeness (QED) is 0.362. The molecule has 0 radical (unpaired) electrons. The van der Waals surface area contributed by atoms with Crippen molar-refractivity contribution in [2.24, 2.45) is 4.99 Å². The molecular weight excluding hydrogens is 166 g/mol. The summed E-state index contributed by atoms with van der Waals surface area (Å²) in [5.41, 5.74) is 1.06. The Labute approximate surface area is 79.7 Å². The first kappa shape index (κ1) is 11.5. The molecule has 0 fully saturated rings. The zero-order chi connectivity index (χ0) is 9.40. The molecule has 2 heteroatoms. The van der Waals surface area contributed by atoms with Crippen LogP contribution in [0.5, 0.6) is 0 Å². The van der Waals surface area contributed by atoms with E-state index in [2.05, 4.69) is 25.1 Å². The van der Waals surface area contributed by atoms with Crippen LogP contribution in [0.15, 0.2) is 29.8 Å². The third kappa shape index (κ3) is 6.23. The number of hydrogen-bond acceptors (Lipinski definition) is 2. The van der Waals surface area contributed by atoms with E-state index in [0.717, 1.165) is 29.3 Å². The van der Waals surface area contributed by atoms with E-state index in [0.29, 0.717) is 0 Å². The van der Waals surface area contributed by atoms with Gasteiger partial charge in [-0.1, -0.05) is 26.2 Å². The fourth-order valence-corrected chi connectivity index (χ4v) is 1.27. The van der Waals surface area contributed by atoms with Gasteiger partial charge in [0.25, 0.3) is 0 Å². The predicted octanol–water partition coefficient (Wildman–Crippen LogP) is 3.29. The summed E-state index contributed by atoms with van der Waals surface area (Å²) >= 11 is 1.73. The molecule has 68 valence electrons. The van der Waals surface area contributed by atoms with Crippen molar-refractivity contribution in [3.63, 3.8) is 0 Å². The van der Waals surface area contributed by atoms with Crippen LogP contribution >= 0.6 is 11.8 Å². The van der Waals surface area contributed by atoms with Crippen molar-refractivity contribution in [2.45, 2.75) is 20.3 Å². The smallest absolute Gasteiger partial charge is 0.0648 e. The Hall–Kier alpha value is -0.500. The molecule has 12 heavy (non-hydrogen) atoms. The van der Waals surface area contributed by atoms with Gasteiger partial charge in [0.1, 0.15) is 0 Å². The SMILES string of the molecule is C=CC(=C)CS/C(C)=N/CCC. The van der Waals surface area contributed by atoms with Crippen molar-refractivity contribution in [3.8, 4) is 0 Å². The highest BCUT2D eigenvalue weighted by molar-refractivity contribution is 8.14. The number of rotatable bonds is 5. The highest BCUT2D eigenvalue weighted by atomic mass is 32.2. The zero-order valence-corrected chi connectivity index (χ0v) is 8.78. The van der Waals surface area contributed by atoms with Gasteiger partial charge in [-0.3, -0.25) is 4.99 Å². The van der Waals surface area contributed by atoms with Gasteiger partial charge in [0.2, 0.25) is 0 Å². The standard InChI is InChI=1S/C10H17NS/c1-5-7-11-10(4)12-8-9(3)6-2/h6H,2-3,5,7-8H2,1,4H3/b11-10+. The van der Waals surface area contributed by atoms with Gasteiger partial charge in [-0.25, -0.2) is 0 Å². The van der Waals surface area contributed by atoms with Crippen LogP contribution in [0.2, 0.25) is 0 Å². The fourth-order valence-electron chi connectivity index (χ4n) is 0.571. The van der Waals surface area contributed by atoms with E-state index >= 15 is 0 Å². The lowest BCUT2D eigenvalue weighted by Crippen LogP contribution is -1.90. The number of allylic oxidation sites excluding steroid dienone is 1. The van der Waals surface area contributed by atoms with Gasteiger partial charge in [-0.2, -0.15) is 0 Å². The second-order valence-corrected chi connectivity index (χ2v) is 3.72. The third-order valence-corrected chi connectivity index (χ3v) is 2.38. The summed E-state index contributed by atoms with van der Waals surface area (Å²) in [4.78, 5) is 4.35. The highest BCUT2D eigenvalue weighted by Crippen LogP contribution is 2.09. The Balaban J connectivity index is 3.62. The molecule has 0 heterocycles. The van der Waals surface area contributed by atoms with Crippen molar-refractivity contribution in [2.75, 3.05) is 12.3 Å². The number of aliphatic imine (C=N–C) groups is 1. The van der Waals surface area contributed by atoms with E-state index in [9.17, 15) is 0 Å². The minimum Gasteiger partial charge on any atom is -0.283 e. The maximum Gasteiger partial charge on any atom is 0.0648 e. The first-order valence-corrected chi connectivity index (χ1v) is 5.13. The molecule has 0 aliphatic carbocycles. The average Bonchev–Trinajstić information content (AvgIpc) is 2.10. The lowest BCUT2D eigenvalue weighted by molar-refractivity contribution is 0.935. The van der Waals surface area contributed by atoms with Crippen LogP contribution < -0.4 is 0 Å². The molecule has 1 nitrogen and oxygen atoms in total. The molecule has 0 bridgehead atoms. The lowest BCUT2D eigenvalue weighted by atomic mass is 10.4. The molecule has 0 aliphatic heterocycles. The fraction of sp³-hybridized carbons (Fsp3) is 0.500. The van der Waals surface area contributed by atoms with E-state index in [1.165, 1.54) is 0 Å². The van der Waals surface area contributed by atoms with Crippen molar-refractivity contribution >= 4 is 16.8 Å². The van der Waals surface area contributed by atoms with E-state index < -0.39 is 0 Å². The Morgan fingerprint density at radius 1 is 1.58 bits per heavy atom. The van der Waals surface area contributed by atoms with E-state index in [1.807, 2.05) is 6.92 Å². The van der Waals surface area contributed by atoms with Gasteiger partial charge < -0.3 is 0 Å². The van der Waals surface area contributed by atoms with Crippen LogP contribution in [-0.2, 0) is 0 Å². The Morgan fingerprint density at radius 3 is 2.75 bits per heavy atom. The number of hydrogen-bond donors (Lipinski definition) is 0. The highest BCUT2D eigenvalue weighted by Gasteiger charge is 1.92. The van der Waals surface area contributed by atoms with E-state index in [1.54, 1.807) is 17.8 Å². The van der Waals surface area contributed by atoms with E-state index in [4.69, 9.17) is 0 Å². The van der Waals surface area contributed by atoms with Gasteiger partial charge in [0.05, 0.1) is 5.04 Å². The van der Waals surface area contributed by atoms with Gasteiger partial charge >= 0.3 is 0 Å². The van der Waals surface area contributed by atoms with Gasteiger partial charge in [0, 0.05) is 12.3 Å². The summed E-state index contributed by atoms with van der Waals surface area (Å²) in [6.45, 7) is 12.6. The van der Waals surface area contributed by atoms with Crippen LogP contribution in [0.4, 0.5) is 0 Å². The summed E-state index contributed by atoms with van der Waals surface area (Å²) in [6.07, 6.45) is 2.90. The molecule has 0 N–H and O–H groups in total. The van der Waals surface area contributed by atoms with Crippen LogP contribution in [0.1, 0.15) is 20.3 Å². The largest absolute Gasteiger partial charge is 0.283 e. The molecule has 0 spiro atoms. The van der Waals surface area contributed by atoms with Crippen LogP contribution in [-0.4, -0.2) is 17.3 Å². The average molecular weight is 183 g/mol. The zero-order valence-electron chi connectivity index (χ0n) is 7.97.